The Kier molecular flexibility index (Phi) is 10.1. The summed E-state index contributed by atoms with van der Waals surface area (Å²) >= 11 is 0. The Morgan fingerprint density at radius 3 is 2.42 bits per heavy atom. The van der Waals surface area contributed by atoms with Gasteiger partial charge in [0.15, 0.2) is 17.4 Å². The number of carbonyl (C=O) groups excluding carboxylic acids is 3. The van der Waals surface area contributed by atoms with E-state index in [1.165, 1.54) is 4.57 Å². The number of benzene rings is 3. The first kappa shape index (κ1) is 39.0. The molecule has 2 saturated heterocycles. The summed E-state index contributed by atoms with van der Waals surface area (Å²) in [6.45, 7) is 1.91. The molecule has 310 valence electrons. The molecule has 0 bridgehead atoms. The molecule has 17 heteroatoms. The molecule has 3 amide bonds. The molecule has 1 atom stereocenters. The Morgan fingerprint density at radius 2 is 1.67 bits per heavy atom. The number of aromatic hydroxyl groups is 1. The quantitative estimate of drug-likeness (QED) is 0.120. The molecule has 2 aliphatic heterocycles. The lowest BCUT2D eigenvalue weighted by molar-refractivity contribution is -0.135. The molecular weight excluding hydrogens is 780 g/mol. The van der Waals surface area contributed by atoms with Gasteiger partial charge in [0.2, 0.25) is 23.6 Å². The predicted molar refractivity (Wildman–Crippen MR) is 215 cm³/mol. The number of nitrogens with one attached hydrogen (secondary N) is 2. The highest BCUT2D eigenvalue weighted by Gasteiger charge is 2.32. The number of aromatic nitrogens is 6. The smallest absolute Gasteiger partial charge is 0.329 e. The number of aryl methyl sites for hydroxylation is 2. The van der Waals surface area contributed by atoms with Crippen molar-refractivity contribution in [3.63, 3.8) is 0 Å². The molecule has 3 aromatic heterocycles. The van der Waals surface area contributed by atoms with E-state index in [2.05, 4.69) is 25.5 Å². The number of phenols is 1. The van der Waals surface area contributed by atoms with Crippen molar-refractivity contribution in [2.45, 2.75) is 63.5 Å². The standard InChI is InChI=1S/C43H42F3N9O5/c1-52-35-14-23(6-11-33(35)55(43(52)60)34-12-13-36(56)50-41(34)59)2-3-25-20-53(21-25)42-48-18-28(19-49-42)26-7-8-27-22-54(51-32(27)15-26)29-9-4-24(5-10-29)17-47-40(58)30-16-31(44)39(57)38(46)37(30)45/h6-8,11,14-16,18-19,22,24-25,29,34,57H,2-5,9-10,12-13,17,20-21H2,1H3,(H,47,58)(H,50,56,59). The van der Waals surface area contributed by atoms with Crippen molar-refractivity contribution in [2.75, 3.05) is 24.5 Å². The van der Waals surface area contributed by atoms with Crippen molar-refractivity contribution in [1.29, 1.82) is 0 Å². The second-order valence-electron chi connectivity index (χ2n) is 16.2. The van der Waals surface area contributed by atoms with Gasteiger partial charge in [0, 0.05) is 62.6 Å². The third kappa shape index (κ3) is 7.25. The number of carbonyl (C=O) groups is 3. The zero-order valence-electron chi connectivity index (χ0n) is 32.7. The molecule has 3 N–H and O–H groups in total. The van der Waals surface area contributed by atoms with Gasteiger partial charge in [-0.2, -0.15) is 9.49 Å². The number of rotatable bonds is 10. The van der Waals surface area contributed by atoms with E-state index >= 15 is 0 Å². The minimum atomic E-state index is -1.79. The Bertz CT molecular complexity index is 2730. The largest absolute Gasteiger partial charge is 0.503 e. The lowest BCUT2D eigenvalue weighted by atomic mass is 9.86. The molecular formula is C43H42F3N9O5. The Balaban J connectivity index is 0.759. The molecule has 0 spiro atoms. The number of halogens is 3. The van der Waals surface area contributed by atoms with Crippen LogP contribution in [0.5, 0.6) is 5.75 Å². The molecule has 1 aliphatic carbocycles. The number of phenolic OH excluding ortho intramolecular Hbond substituents is 1. The zero-order valence-corrected chi connectivity index (χ0v) is 32.7. The molecule has 9 rings (SSSR count). The van der Waals surface area contributed by atoms with Crippen LogP contribution < -0.4 is 21.2 Å². The van der Waals surface area contributed by atoms with Crippen LogP contribution in [0.25, 0.3) is 33.1 Å². The molecule has 1 saturated carbocycles. The summed E-state index contributed by atoms with van der Waals surface area (Å²) in [5.41, 5.74) is 4.16. The number of amides is 3. The summed E-state index contributed by atoms with van der Waals surface area (Å²) in [4.78, 5) is 61.3. The van der Waals surface area contributed by atoms with E-state index in [1.54, 1.807) is 11.6 Å². The Hall–Kier alpha value is -6.52. The number of imidazole rings is 1. The first-order chi connectivity index (χ1) is 28.9. The molecule has 0 radical (unpaired) electrons. The van der Waals surface area contributed by atoms with Crippen molar-refractivity contribution in [3.05, 3.63) is 100 Å². The van der Waals surface area contributed by atoms with Gasteiger partial charge >= 0.3 is 5.69 Å². The topological polar surface area (TPSA) is 169 Å². The normalized spacial score (nSPS) is 19.8. The first-order valence-corrected chi connectivity index (χ1v) is 20.2. The average molecular weight is 822 g/mol. The molecule has 14 nitrogen and oxygen atoms in total. The second-order valence-corrected chi connectivity index (χ2v) is 16.2. The van der Waals surface area contributed by atoms with Gasteiger partial charge in [-0.15, -0.1) is 0 Å². The summed E-state index contributed by atoms with van der Waals surface area (Å²) in [5.74, 6) is -6.67. The number of imide groups is 1. The highest BCUT2D eigenvalue weighted by molar-refractivity contribution is 6.00. The van der Waals surface area contributed by atoms with Crippen molar-refractivity contribution >= 4 is 45.6 Å². The van der Waals surface area contributed by atoms with E-state index in [0.717, 1.165) is 84.7 Å². The average Bonchev–Trinajstić information content (AvgIpc) is 3.77. The minimum absolute atomic E-state index is 0.108. The fourth-order valence-corrected chi connectivity index (χ4v) is 8.81. The van der Waals surface area contributed by atoms with Crippen LogP contribution in [-0.4, -0.2) is 71.3 Å². The van der Waals surface area contributed by atoms with Crippen LogP contribution in [0.3, 0.4) is 0 Å². The van der Waals surface area contributed by atoms with Crippen LogP contribution in [0.4, 0.5) is 19.1 Å². The summed E-state index contributed by atoms with van der Waals surface area (Å²) in [6, 6.07) is 11.9. The number of fused-ring (bicyclic) bond motifs is 2. The van der Waals surface area contributed by atoms with Gasteiger partial charge in [-0.05, 0) is 92.2 Å². The highest BCUT2D eigenvalue weighted by Crippen LogP contribution is 2.34. The fraction of sp³-hybridized carbons (Fsp3) is 0.372. The lowest BCUT2D eigenvalue weighted by Gasteiger charge is -2.39. The fourth-order valence-electron chi connectivity index (χ4n) is 8.81. The predicted octanol–water partition coefficient (Wildman–Crippen LogP) is 5.48. The van der Waals surface area contributed by atoms with Crippen LogP contribution in [0.1, 0.15) is 73.0 Å². The number of anilines is 1. The second kappa shape index (κ2) is 15.6. The molecule has 6 aromatic rings. The maximum absolute atomic E-state index is 14.1. The number of piperidine rings is 1. The van der Waals surface area contributed by atoms with Crippen molar-refractivity contribution in [2.24, 2.45) is 18.9 Å². The summed E-state index contributed by atoms with van der Waals surface area (Å²) in [6.07, 6.45) is 11.2. The van der Waals surface area contributed by atoms with E-state index in [9.17, 15) is 37.5 Å². The molecule has 5 heterocycles. The van der Waals surface area contributed by atoms with E-state index in [1.807, 2.05) is 59.7 Å². The number of hydrogen-bond acceptors (Lipinski definition) is 9. The van der Waals surface area contributed by atoms with Gasteiger partial charge in [0.1, 0.15) is 6.04 Å². The van der Waals surface area contributed by atoms with Gasteiger partial charge in [0.25, 0.3) is 5.91 Å². The van der Waals surface area contributed by atoms with Crippen molar-refractivity contribution < 1.29 is 32.7 Å². The van der Waals surface area contributed by atoms with Crippen molar-refractivity contribution in [1.82, 2.24) is 39.5 Å². The van der Waals surface area contributed by atoms with Crippen LogP contribution in [0.15, 0.2) is 65.8 Å². The Morgan fingerprint density at radius 1 is 0.900 bits per heavy atom. The third-order valence-electron chi connectivity index (χ3n) is 12.4. The van der Waals surface area contributed by atoms with E-state index in [-0.39, 0.29) is 36.5 Å². The highest BCUT2D eigenvalue weighted by atomic mass is 19.2. The maximum Gasteiger partial charge on any atom is 0.329 e. The molecule has 3 aromatic carbocycles. The monoisotopic (exact) mass is 821 g/mol. The minimum Gasteiger partial charge on any atom is -0.503 e. The van der Waals surface area contributed by atoms with Gasteiger partial charge in [-0.3, -0.25) is 33.5 Å². The zero-order chi connectivity index (χ0) is 41.8. The van der Waals surface area contributed by atoms with Crippen LogP contribution in [0, 0.1) is 29.3 Å². The SMILES string of the molecule is Cn1c(=O)n(C2CCC(=O)NC2=O)c2ccc(CCC3CN(c4ncc(-c5ccc6cn(C7CCC(CNC(=O)c8cc(F)c(O)c(F)c8F)CC7)nc6c5)cn4)C3)cc21. The van der Waals surface area contributed by atoms with Gasteiger partial charge in [-0.1, -0.05) is 18.2 Å². The lowest BCUT2D eigenvalue weighted by Crippen LogP contribution is -2.47. The summed E-state index contributed by atoms with van der Waals surface area (Å²) in [7, 11) is 1.70. The van der Waals surface area contributed by atoms with Crippen LogP contribution >= 0.6 is 0 Å². The van der Waals surface area contributed by atoms with Crippen LogP contribution in [-0.2, 0) is 23.1 Å². The van der Waals surface area contributed by atoms with E-state index in [4.69, 9.17) is 5.10 Å². The molecule has 1 unspecified atom stereocenters. The van der Waals surface area contributed by atoms with Gasteiger partial charge in [-0.25, -0.2) is 23.5 Å². The van der Waals surface area contributed by atoms with Gasteiger partial charge in [0.05, 0.1) is 28.2 Å². The number of hydrogen-bond donors (Lipinski definition) is 3. The first-order valence-electron chi connectivity index (χ1n) is 20.2. The Labute approximate surface area is 341 Å². The third-order valence-corrected chi connectivity index (χ3v) is 12.4. The maximum atomic E-state index is 14.1. The van der Waals surface area contributed by atoms with E-state index in [0.29, 0.717) is 29.9 Å². The summed E-state index contributed by atoms with van der Waals surface area (Å²) < 4.78 is 46.6. The van der Waals surface area contributed by atoms with Gasteiger partial charge < -0.3 is 15.3 Å². The molecule has 60 heavy (non-hydrogen) atoms. The van der Waals surface area contributed by atoms with Crippen LogP contribution in [0.2, 0.25) is 0 Å². The molecule has 3 aliphatic rings. The van der Waals surface area contributed by atoms with Crippen molar-refractivity contribution in [3.8, 4) is 16.9 Å². The molecule has 3 fully saturated rings. The van der Waals surface area contributed by atoms with E-state index < -0.39 is 46.6 Å². The number of nitrogens with zero attached hydrogens (tertiary/aromatic N) is 7. The summed E-state index contributed by atoms with van der Waals surface area (Å²) in [5, 5.41) is 20.0.